The summed E-state index contributed by atoms with van der Waals surface area (Å²) in [6, 6.07) is 8.80. The minimum absolute atomic E-state index is 0.0310. The van der Waals surface area contributed by atoms with Crippen molar-refractivity contribution in [2.45, 2.75) is 55.4 Å². The van der Waals surface area contributed by atoms with Crippen molar-refractivity contribution in [2.75, 3.05) is 7.11 Å². The SMILES string of the molecule is COc1ccc(C(=O)N(Cc2ccc(C(F)(F)F)cc2)C2CC2)cc1S(=O)(=O)NC1CC1. The number of carbonyl (C=O) groups is 1. The van der Waals surface area contributed by atoms with Crippen molar-refractivity contribution < 1.29 is 31.1 Å². The molecule has 2 aliphatic carbocycles. The number of sulfonamides is 1. The van der Waals surface area contributed by atoms with Gasteiger partial charge in [0.05, 0.1) is 12.7 Å². The van der Waals surface area contributed by atoms with E-state index in [2.05, 4.69) is 4.72 Å². The zero-order chi connectivity index (χ0) is 23.1. The van der Waals surface area contributed by atoms with Crippen LogP contribution in [0.4, 0.5) is 13.2 Å². The van der Waals surface area contributed by atoms with E-state index in [4.69, 9.17) is 4.74 Å². The highest BCUT2D eigenvalue weighted by atomic mass is 32.2. The number of nitrogens with one attached hydrogen (secondary N) is 1. The second-order valence-corrected chi connectivity index (χ2v) is 9.80. The largest absolute Gasteiger partial charge is 0.495 e. The Morgan fingerprint density at radius 3 is 2.28 bits per heavy atom. The van der Waals surface area contributed by atoms with Gasteiger partial charge in [0.15, 0.2) is 0 Å². The van der Waals surface area contributed by atoms with E-state index in [-0.39, 0.29) is 40.7 Å². The molecule has 32 heavy (non-hydrogen) atoms. The van der Waals surface area contributed by atoms with Crippen LogP contribution in [-0.2, 0) is 22.7 Å². The van der Waals surface area contributed by atoms with Crippen LogP contribution in [0, 0.1) is 0 Å². The van der Waals surface area contributed by atoms with Gasteiger partial charge in [-0.1, -0.05) is 12.1 Å². The molecule has 2 fully saturated rings. The molecule has 1 amide bonds. The summed E-state index contributed by atoms with van der Waals surface area (Å²) in [5, 5.41) is 0. The summed E-state index contributed by atoms with van der Waals surface area (Å²) in [7, 11) is -2.50. The molecule has 6 nitrogen and oxygen atoms in total. The Kier molecular flexibility index (Phi) is 5.93. The molecule has 0 spiro atoms. The van der Waals surface area contributed by atoms with E-state index in [0.717, 1.165) is 37.8 Å². The molecule has 1 N–H and O–H groups in total. The molecule has 10 heteroatoms. The summed E-state index contributed by atoms with van der Waals surface area (Å²) in [6.07, 6.45) is -1.32. The fourth-order valence-electron chi connectivity index (χ4n) is 3.42. The third-order valence-electron chi connectivity index (χ3n) is 5.48. The minimum Gasteiger partial charge on any atom is -0.495 e. The number of amides is 1. The highest BCUT2D eigenvalue weighted by molar-refractivity contribution is 7.89. The maximum Gasteiger partial charge on any atom is 0.416 e. The van der Waals surface area contributed by atoms with Crippen molar-refractivity contribution in [1.29, 1.82) is 0 Å². The lowest BCUT2D eigenvalue weighted by molar-refractivity contribution is -0.137. The summed E-state index contributed by atoms with van der Waals surface area (Å²) in [5.74, 6) is -0.242. The molecule has 0 bridgehead atoms. The van der Waals surface area contributed by atoms with Crippen LogP contribution in [0.25, 0.3) is 0 Å². The van der Waals surface area contributed by atoms with Crippen LogP contribution >= 0.6 is 0 Å². The van der Waals surface area contributed by atoms with E-state index in [9.17, 15) is 26.4 Å². The second kappa shape index (κ2) is 8.40. The Hall–Kier alpha value is -2.59. The van der Waals surface area contributed by atoms with Crippen LogP contribution in [0.1, 0.15) is 47.2 Å². The van der Waals surface area contributed by atoms with Gasteiger partial charge in [-0.25, -0.2) is 13.1 Å². The van der Waals surface area contributed by atoms with E-state index < -0.39 is 21.8 Å². The molecule has 172 valence electrons. The summed E-state index contributed by atoms with van der Waals surface area (Å²) < 4.78 is 71.7. The highest BCUT2D eigenvalue weighted by Crippen LogP contribution is 2.33. The number of ether oxygens (including phenoxy) is 1. The molecule has 0 saturated heterocycles. The predicted octanol–water partition coefficient (Wildman–Crippen LogP) is 3.96. The molecule has 0 atom stereocenters. The average Bonchev–Trinajstić information content (AvgIpc) is 3.66. The average molecular weight is 468 g/mol. The molecule has 2 aromatic carbocycles. The third-order valence-corrected chi connectivity index (χ3v) is 7.02. The van der Waals surface area contributed by atoms with Gasteiger partial charge in [0.2, 0.25) is 10.0 Å². The van der Waals surface area contributed by atoms with Crippen molar-refractivity contribution >= 4 is 15.9 Å². The molecule has 0 aromatic heterocycles. The first-order chi connectivity index (χ1) is 15.1. The zero-order valence-corrected chi connectivity index (χ0v) is 18.2. The quantitative estimate of drug-likeness (QED) is 0.637. The number of rotatable bonds is 8. The fraction of sp³-hybridized carbons (Fsp3) is 0.409. The fourth-order valence-corrected chi connectivity index (χ4v) is 4.92. The van der Waals surface area contributed by atoms with Crippen molar-refractivity contribution in [1.82, 2.24) is 9.62 Å². The van der Waals surface area contributed by atoms with Crippen LogP contribution < -0.4 is 9.46 Å². The summed E-state index contributed by atoms with van der Waals surface area (Å²) in [4.78, 5) is 14.7. The molecule has 4 rings (SSSR count). The van der Waals surface area contributed by atoms with Gasteiger partial charge in [-0.3, -0.25) is 4.79 Å². The van der Waals surface area contributed by atoms with Gasteiger partial charge in [-0.2, -0.15) is 13.2 Å². The van der Waals surface area contributed by atoms with Gasteiger partial charge in [0.25, 0.3) is 5.91 Å². The highest BCUT2D eigenvalue weighted by Gasteiger charge is 2.35. The van der Waals surface area contributed by atoms with Crippen LogP contribution in [0.15, 0.2) is 47.4 Å². The molecule has 0 heterocycles. The molecule has 0 unspecified atom stereocenters. The number of hydrogen-bond donors (Lipinski definition) is 1. The Morgan fingerprint density at radius 2 is 1.75 bits per heavy atom. The van der Waals surface area contributed by atoms with Gasteiger partial charge in [0.1, 0.15) is 10.6 Å². The number of hydrogen-bond acceptors (Lipinski definition) is 4. The molecular formula is C22H23F3N2O4S. The number of benzene rings is 2. The number of halogens is 3. The van der Waals surface area contributed by atoms with Gasteiger partial charge in [-0.15, -0.1) is 0 Å². The lowest BCUT2D eigenvalue weighted by atomic mass is 10.1. The first kappa shape index (κ1) is 22.6. The van der Waals surface area contributed by atoms with Gasteiger partial charge in [0, 0.05) is 24.2 Å². The van der Waals surface area contributed by atoms with Crippen LogP contribution in [-0.4, -0.2) is 38.4 Å². The first-order valence-corrected chi connectivity index (χ1v) is 11.7. The molecule has 2 saturated carbocycles. The number of alkyl halides is 3. The topological polar surface area (TPSA) is 75.7 Å². The third kappa shape index (κ3) is 5.07. The second-order valence-electron chi connectivity index (χ2n) is 8.12. The lowest BCUT2D eigenvalue weighted by Gasteiger charge is -2.23. The van der Waals surface area contributed by atoms with E-state index in [1.807, 2.05) is 0 Å². The zero-order valence-electron chi connectivity index (χ0n) is 17.4. The van der Waals surface area contributed by atoms with Crippen LogP contribution in [0.3, 0.4) is 0 Å². The van der Waals surface area contributed by atoms with Crippen molar-refractivity contribution in [3.8, 4) is 5.75 Å². The monoisotopic (exact) mass is 468 g/mol. The summed E-state index contributed by atoms with van der Waals surface area (Å²) in [6.45, 7) is 0.135. The smallest absolute Gasteiger partial charge is 0.416 e. The van der Waals surface area contributed by atoms with Crippen LogP contribution in [0.2, 0.25) is 0 Å². The van der Waals surface area contributed by atoms with E-state index in [1.54, 1.807) is 4.90 Å². The normalized spacial score (nSPS) is 16.6. The Labute approximate surface area is 184 Å². The number of nitrogens with zero attached hydrogens (tertiary/aromatic N) is 1. The van der Waals surface area contributed by atoms with Crippen molar-refractivity contribution in [3.05, 3.63) is 59.2 Å². The minimum atomic E-state index is -4.43. The van der Waals surface area contributed by atoms with Crippen molar-refractivity contribution in [2.24, 2.45) is 0 Å². The maximum absolute atomic E-state index is 13.3. The first-order valence-electron chi connectivity index (χ1n) is 10.3. The Balaban J connectivity index is 1.59. The van der Waals surface area contributed by atoms with E-state index in [1.165, 1.54) is 37.4 Å². The summed E-state index contributed by atoms with van der Waals surface area (Å²) in [5.41, 5.74) is -0.00509. The van der Waals surface area contributed by atoms with E-state index in [0.29, 0.717) is 5.56 Å². The van der Waals surface area contributed by atoms with Gasteiger partial charge >= 0.3 is 6.18 Å². The van der Waals surface area contributed by atoms with Crippen LogP contribution in [0.5, 0.6) is 5.75 Å². The Bertz CT molecular complexity index is 1110. The van der Waals surface area contributed by atoms with Gasteiger partial charge in [-0.05, 0) is 61.6 Å². The Morgan fingerprint density at radius 1 is 1.09 bits per heavy atom. The number of carbonyl (C=O) groups excluding carboxylic acids is 1. The molecular weight excluding hydrogens is 445 g/mol. The maximum atomic E-state index is 13.3. The standard InChI is InChI=1S/C22H23F3N2O4S/c1-31-19-11-4-15(12-20(19)32(29,30)26-17-7-8-17)21(28)27(18-9-10-18)13-14-2-5-16(6-3-14)22(23,24)25/h2-6,11-12,17-18,26H,7-10,13H2,1H3. The van der Waals surface area contributed by atoms with Gasteiger partial charge < -0.3 is 9.64 Å². The molecule has 0 aliphatic heterocycles. The summed E-state index contributed by atoms with van der Waals surface area (Å²) >= 11 is 0. The lowest BCUT2D eigenvalue weighted by Crippen LogP contribution is -2.33. The number of methoxy groups -OCH3 is 1. The molecule has 2 aliphatic rings. The van der Waals surface area contributed by atoms with E-state index >= 15 is 0 Å². The molecule has 2 aromatic rings. The predicted molar refractivity (Wildman–Crippen MR) is 111 cm³/mol. The molecule has 0 radical (unpaired) electrons. The van der Waals surface area contributed by atoms with Crippen molar-refractivity contribution in [3.63, 3.8) is 0 Å².